The van der Waals surface area contributed by atoms with E-state index >= 15 is 0 Å². The van der Waals surface area contributed by atoms with Gasteiger partial charge in [-0.05, 0) is 6.07 Å². The molecule has 3 aromatic heterocycles. The molecule has 3 N–H and O–H groups in total. The van der Waals surface area contributed by atoms with Crippen molar-refractivity contribution < 1.29 is 9.90 Å². The minimum atomic E-state index is -1.09. The molecule has 0 unspecified atom stereocenters. The number of carboxylic acid groups (broad SMARTS) is 1. The Labute approximate surface area is 94.6 Å². The zero-order chi connectivity index (χ0) is 12.0. The number of nitrogens with two attached hydrogens (primary N) is 1. The summed E-state index contributed by atoms with van der Waals surface area (Å²) in [4.78, 5) is 22.8. The van der Waals surface area contributed by atoms with E-state index in [0.717, 1.165) is 0 Å². The van der Waals surface area contributed by atoms with Crippen LogP contribution in [0.2, 0.25) is 0 Å². The molecule has 0 aliphatic rings. The number of aromatic carboxylic acids is 1. The van der Waals surface area contributed by atoms with Crippen molar-refractivity contribution >= 4 is 28.5 Å². The summed E-state index contributed by atoms with van der Waals surface area (Å²) in [5.74, 6) is -0.808. The van der Waals surface area contributed by atoms with E-state index in [2.05, 4.69) is 15.0 Å². The maximum absolute atomic E-state index is 10.9. The van der Waals surface area contributed by atoms with Gasteiger partial charge in [0.1, 0.15) is 11.2 Å². The monoisotopic (exact) mass is 229 g/mol. The second-order valence-electron chi connectivity index (χ2n) is 3.50. The summed E-state index contributed by atoms with van der Waals surface area (Å²) in [6.07, 6.45) is 4.58. The van der Waals surface area contributed by atoms with Crippen molar-refractivity contribution in [1.29, 1.82) is 0 Å². The molecule has 0 aromatic carbocycles. The Bertz CT molecular complexity index is 749. The van der Waals surface area contributed by atoms with E-state index in [1.54, 1.807) is 16.8 Å². The minimum absolute atomic E-state index is 0.0556. The largest absolute Gasteiger partial charge is 0.477 e. The Morgan fingerprint density at radius 3 is 2.76 bits per heavy atom. The Morgan fingerprint density at radius 1 is 1.24 bits per heavy atom. The summed E-state index contributed by atoms with van der Waals surface area (Å²) in [7, 11) is 0. The molecule has 3 rings (SSSR count). The van der Waals surface area contributed by atoms with Gasteiger partial charge in [0, 0.05) is 0 Å². The van der Waals surface area contributed by atoms with Crippen LogP contribution in [0.25, 0.3) is 16.6 Å². The highest BCUT2D eigenvalue weighted by Gasteiger charge is 2.10. The first-order chi connectivity index (χ1) is 8.16. The van der Waals surface area contributed by atoms with Crippen molar-refractivity contribution in [2.75, 3.05) is 5.73 Å². The SMILES string of the molecule is Nc1ncc2cnc3cnc(C(=O)O)cc3n12. The maximum Gasteiger partial charge on any atom is 0.354 e. The van der Waals surface area contributed by atoms with Gasteiger partial charge < -0.3 is 10.8 Å². The first kappa shape index (κ1) is 9.52. The number of carboxylic acids is 1. The Kier molecular flexibility index (Phi) is 1.76. The number of rotatable bonds is 1. The van der Waals surface area contributed by atoms with Crippen LogP contribution in [-0.4, -0.2) is 30.4 Å². The Morgan fingerprint density at radius 2 is 2.00 bits per heavy atom. The third kappa shape index (κ3) is 1.29. The molecule has 0 fully saturated rings. The van der Waals surface area contributed by atoms with Crippen molar-refractivity contribution in [1.82, 2.24) is 19.4 Å². The van der Waals surface area contributed by atoms with Crippen molar-refractivity contribution in [3.05, 3.63) is 30.4 Å². The molecule has 0 atom stereocenters. The zero-order valence-corrected chi connectivity index (χ0v) is 8.53. The second kappa shape index (κ2) is 3.14. The van der Waals surface area contributed by atoms with E-state index in [9.17, 15) is 4.79 Å². The zero-order valence-electron chi connectivity index (χ0n) is 8.53. The lowest BCUT2D eigenvalue weighted by Crippen LogP contribution is -2.03. The van der Waals surface area contributed by atoms with Gasteiger partial charge in [0.05, 0.1) is 29.6 Å². The lowest BCUT2D eigenvalue weighted by atomic mass is 10.3. The molecule has 3 aromatic rings. The Hall–Kier alpha value is -2.70. The lowest BCUT2D eigenvalue weighted by Gasteiger charge is -2.03. The number of anilines is 1. The van der Waals surface area contributed by atoms with Gasteiger partial charge in [0.25, 0.3) is 0 Å². The van der Waals surface area contributed by atoms with Gasteiger partial charge in [0.15, 0.2) is 0 Å². The highest BCUT2D eigenvalue weighted by atomic mass is 16.4. The number of nitrogens with zero attached hydrogens (tertiary/aromatic N) is 4. The summed E-state index contributed by atoms with van der Waals surface area (Å²) in [6.45, 7) is 0. The molecule has 0 bridgehead atoms. The van der Waals surface area contributed by atoms with Crippen LogP contribution in [0.1, 0.15) is 10.5 Å². The maximum atomic E-state index is 10.9. The van der Waals surface area contributed by atoms with E-state index in [4.69, 9.17) is 10.8 Å². The average Bonchev–Trinajstić information content (AvgIpc) is 2.70. The van der Waals surface area contributed by atoms with Crippen molar-refractivity contribution in [2.45, 2.75) is 0 Å². The molecule has 7 heteroatoms. The van der Waals surface area contributed by atoms with Gasteiger partial charge >= 0.3 is 5.97 Å². The van der Waals surface area contributed by atoms with Crippen molar-refractivity contribution in [3.8, 4) is 0 Å². The highest BCUT2D eigenvalue weighted by molar-refractivity contribution is 5.90. The first-order valence-electron chi connectivity index (χ1n) is 4.78. The molecule has 0 radical (unpaired) electrons. The molecule has 0 aliphatic heterocycles. The van der Waals surface area contributed by atoms with Gasteiger partial charge in [-0.2, -0.15) is 0 Å². The molecule has 0 spiro atoms. The van der Waals surface area contributed by atoms with E-state index in [0.29, 0.717) is 16.6 Å². The number of pyridine rings is 1. The number of nitrogen functional groups attached to an aromatic ring is 1. The summed E-state index contributed by atoms with van der Waals surface area (Å²) < 4.78 is 1.64. The third-order valence-corrected chi connectivity index (χ3v) is 2.47. The number of hydrogen-bond acceptors (Lipinski definition) is 5. The fourth-order valence-corrected chi connectivity index (χ4v) is 1.70. The number of hydrogen-bond donors (Lipinski definition) is 2. The van der Waals surface area contributed by atoms with E-state index in [1.807, 2.05) is 0 Å². The van der Waals surface area contributed by atoms with Crippen LogP contribution >= 0.6 is 0 Å². The van der Waals surface area contributed by atoms with E-state index in [-0.39, 0.29) is 11.6 Å². The van der Waals surface area contributed by atoms with Crippen LogP contribution in [0, 0.1) is 0 Å². The number of carbonyl (C=O) groups is 1. The summed E-state index contributed by atoms with van der Waals surface area (Å²) in [5, 5.41) is 8.90. The molecule has 0 amide bonds. The Balaban J connectivity index is 2.49. The second-order valence-corrected chi connectivity index (χ2v) is 3.50. The number of aromatic nitrogens is 4. The summed E-state index contributed by atoms with van der Waals surface area (Å²) >= 11 is 0. The van der Waals surface area contributed by atoms with Gasteiger partial charge in [0.2, 0.25) is 5.95 Å². The number of fused-ring (bicyclic) bond motifs is 3. The topological polar surface area (TPSA) is 106 Å². The van der Waals surface area contributed by atoms with Gasteiger partial charge in [-0.15, -0.1) is 0 Å². The minimum Gasteiger partial charge on any atom is -0.477 e. The van der Waals surface area contributed by atoms with Crippen LogP contribution in [-0.2, 0) is 0 Å². The highest BCUT2D eigenvalue weighted by Crippen LogP contribution is 2.17. The molecular formula is C10H7N5O2. The molecule has 0 saturated heterocycles. The van der Waals surface area contributed by atoms with Crippen LogP contribution in [0.5, 0.6) is 0 Å². The first-order valence-corrected chi connectivity index (χ1v) is 4.78. The summed E-state index contributed by atoms with van der Waals surface area (Å²) in [6, 6.07) is 1.43. The normalized spacial score (nSPS) is 11.1. The van der Waals surface area contributed by atoms with Crippen LogP contribution in [0.4, 0.5) is 5.95 Å². The lowest BCUT2D eigenvalue weighted by molar-refractivity contribution is 0.0690. The van der Waals surface area contributed by atoms with E-state index < -0.39 is 5.97 Å². The van der Waals surface area contributed by atoms with Gasteiger partial charge in [-0.25, -0.2) is 14.8 Å². The number of imidazole rings is 1. The molecule has 0 aliphatic carbocycles. The van der Waals surface area contributed by atoms with Crippen LogP contribution in [0.15, 0.2) is 24.7 Å². The quantitative estimate of drug-likeness (QED) is 0.631. The fourth-order valence-electron chi connectivity index (χ4n) is 1.70. The molecule has 17 heavy (non-hydrogen) atoms. The van der Waals surface area contributed by atoms with Crippen LogP contribution < -0.4 is 5.73 Å². The fraction of sp³-hybridized carbons (Fsp3) is 0. The van der Waals surface area contributed by atoms with Gasteiger partial charge in [-0.1, -0.05) is 0 Å². The predicted octanol–water partition coefficient (Wildman–Crippen LogP) is 0.558. The van der Waals surface area contributed by atoms with Crippen molar-refractivity contribution in [2.24, 2.45) is 0 Å². The third-order valence-electron chi connectivity index (χ3n) is 2.47. The standard InChI is InChI=1S/C10H7N5O2/c11-10-14-3-5-2-12-7-4-13-6(9(16)17)1-8(7)15(5)10/h1-4H,(H2,11,14)(H,16,17). The summed E-state index contributed by atoms with van der Waals surface area (Å²) in [5.41, 5.74) is 7.51. The van der Waals surface area contributed by atoms with Gasteiger partial charge in [-0.3, -0.25) is 9.38 Å². The predicted molar refractivity (Wildman–Crippen MR) is 59.7 cm³/mol. The smallest absolute Gasteiger partial charge is 0.354 e. The van der Waals surface area contributed by atoms with Crippen LogP contribution in [0.3, 0.4) is 0 Å². The van der Waals surface area contributed by atoms with E-state index in [1.165, 1.54) is 12.3 Å². The molecule has 0 saturated carbocycles. The molecule has 84 valence electrons. The van der Waals surface area contributed by atoms with Crippen molar-refractivity contribution in [3.63, 3.8) is 0 Å². The molecular weight excluding hydrogens is 222 g/mol. The molecule has 3 heterocycles. The average molecular weight is 229 g/mol. The molecule has 7 nitrogen and oxygen atoms in total.